The Balaban J connectivity index is 1.70. The van der Waals surface area contributed by atoms with Crippen molar-refractivity contribution >= 4 is 29.4 Å². The zero-order chi connectivity index (χ0) is 18.1. The van der Waals surface area contributed by atoms with Gasteiger partial charge in [0.15, 0.2) is 0 Å². The molecule has 3 amide bonds. The molecule has 1 aliphatic heterocycles. The number of imide groups is 1. The lowest BCUT2D eigenvalue weighted by Crippen LogP contribution is -2.37. The van der Waals surface area contributed by atoms with Crippen molar-refractivity contribution in [2.24, 2.45) is 0 Å². The van der Waals surface area contributed by atoms with Crippen LogP contribution < -0.4 is 5.32 Å². The number of rotatable bonds is 2. The highest BCUT2D eigenvalue weighted by Crippen LogP contribution is 2.22. The number of anilines is 1. The molecule has 0 saturated heterocycles. The van der Waals surface area contributed by atoms with Crippen LogP contribution >= 0.6 is 0 Å². The van der Waals surface area contributed by atoms with Gasteiger partial charge in [-0.15, -0.1) is 0 Å². The minimum absolute atomic E-state index is 0.120. The Morgan fingerprint density at radius 1 is 0.920 bits per heavy atom. The molecule has 1 heterocycles. The van der Waals surface area contributed by atoms with E-state index in [-0.39, 0.29) is 11.1 Å². The predicted molar refractivity (Wildman–Crippen MR) is 87.6 cm³/mol. The molecule has 0 bridgehead atoms. The third-order valence-electron chi connectivity index (χ3n) is 3.88. The van der Waals surface area contributed by atoms with Crippen LogP contribution in [0.25, 0.3) is 0 Å². The van der Waals surface area contributed by atoms with Crippen molar-refractivity contribution in [3.05, 3.63) is 64.7 Å². The second-order valence-corrected chi connectivity index (χ2v) is 5.58. The average molecular weight is 338 g/mol. The third kappa shape index (κ3) is 2.99. The van der Waals surface area contributed by atoms with Crippen LogP contribution in [0.2, 0.25) is 0 Å². The van der Waals surface area contributed by atoms with Crippen molar-refractivity contribution in [1.29, 1.82) is 0 Å². The molecule has 0 saturated carbocycles. The first-order valence-corrected chi connectivity index (χ1v) is 7.47. The van der Waals surface area contributed by atoms with Gasteiger partial charge in [-0.3, -0.25) is 14.4 Å². The summed E-state index contributed by atoms with van der Waals surface area (Å²) in [4.78, 5) is 52.8. The molecule has 2 aromatic carbocycles. The molecule has 0 unspecified atom stereocenters. The quantitative estimate of drug-likeness (QED) is 0.668. The number of fused-ring (bicyclic) bond motifs is 1. The Bertz CT molecular complexity index is 884. The average Bonchev–Trinajstić information content (AvgIpc) is 2.83. The van der Waals surface area contributed by atoms with E-state index < -0.39 is 23.7 Å². The zero-order valence-corrected chi connectivity index (χ0v) is 13.5. The molecule has 7 nitrogen and oxygen atoms in total. The van der Waals surface area contributed by atoms with Crippen molar-refractivity contribution in [3.8, 4) is 0 Å². The lowest BCUT2D eigenvalue weighted by Gasteiger charge is -2.12. The molecule has 0 spiro atoms. The maximum atomic E-state index is 12.1. The summed E-state index contributed by atoms with van der Waals surface area (Å²) in [6.45, 7) is 3.78. The molecule has 25 heavy (non-hydrogen) atoms. The lowest BCUT2D eigenvalue weighted by atomic mass is 10.1. The van der Waals surface area contributed by atoms with Gasteiger partial charge < -0.3 is 10.2 Å². The number of carbonyl (C=O) groups excluding carboxylic acids is 4. The maximum Gasteiger partial charge on any atom is 0.421 e. The number of nitrogens with zero attached hydrogens (tertiary/aromatic N) is 1. The molecule has 3 rings (SSSR count). The van der Waals surface area contributed by atoms with Crippen molar-refractivity contribution in [2.45, 2.75) is 13.8 Å². The Hall–Kier alpha value is -3.48. The van der Waals surface area contributed by atoms with Gasteiger partial charge >= 0.3 is 11.9 Å². The summed E-state index contributed by atoms with van der Waals surface area (Å²) in [6, 6.07) is 11.2. The van der Waals surface area contributed by atoms with Gasteiger partial charge in [0.25, 0.3) is 11.8 Å². The van der Waals surface area contributed by atoms with Crippen LogP contribution in [0.15, 0.2) is 42.5 Å². The van der Waals surface area contributed by atoms with Gasteiger partial charge in [-0.2, -0.15) is 0 Å². The molecule has 7 heteroatoms. The molecule has 1 aliphatic rings. The number of hydrogen-bond donors (Lipinski definition) is 1. The van der Waals surface area contributed by atoms with E-state index in [4.69, 9.17) is 0 Å². The van der Waals surface area contributed by atoms with Gasteiger partial charge in [-0.1, -0.05) is 23.3 Å². The minimum Gasteiger partial charge on any atom is -0.320 e. The molecule has 0 fully saturated rings. The molecule has 0 radical (unpaired) electrons. The SMILES string of the molecule is Cc1ccc(NC(=O)C(=O)ON2C(=O)c3ccccc3C2=O)cc1C. The summed E-state index contributed by atoms with van der Waals surface area (Å²) in [5.74, 6) is -4.01. The molecule has 0 atom stereocenters. The van der Waals surface area contributed by atoms with Gasteiger partial charge in [-0.25, -0.2) is 4.79 Å². The standard InChI is InChI=1S/C18H14N2O5/c1-10-7-8-12(9-11(10)2)19-15(21)18(24)25-20-16(22)13-5-3-4-6-14(13)17(20)23/h3-9H,1-2H3,(H,19,21). The van der Waals surface area contributed by atoms with Crippen LogP contribution in [-0.4, -0.2) is 28.8 Å². The monoisotopic (exact) mass is 338 g/mol. The van der Waals surface area contributed by atoms with Crippen molar-refractivity contribution in [2.75, 3.05) is 5.32 Å². The van der Waals surface area contributed by atoms with E-state index in [1.807, 2.05) is 13.8 Å². The van der Waals surface area contributed by atoms with Gasteiger partial charge in [0.1, 0.15) is 0 Å². The second-order valence-electron chi connectivity index (χ2n) is 5.58. The van der Waals surface area contributed by atoms with E-state index in [0.717, 1.165) is 11.1 Å². The van der Waals surface area contributed by atoms with Crippen LogP contribution in [0.3, 0.4) is 0 Å². The lowest BCUT2D eigenvalue weighted by molar-refractivity contribution is -0.172. The van der Waals surface area contributed by atoms with Crippen LogP contribution in [-0.2, 0) is 14.4 Å². The summed E-state index contributed by atoms with van der Waals surface area (Å²) in [7, 11) is 0. The molecule has 2 aromatic rings. The summed E-state index contributed by atoms with van der Waals surface area (Å²) in [6.07, 6.45) is 0. The predicted octanol–water partition coefficient (Wildman–Crippen LogP) is 2.00. The zero-order valence-electron chi connectivity index (χ0n) is 13.5. The van der Waals surface area contributed by atoms with Gasteiger partial charge in [0.2, 0.25) is 0 Å². The summed E-state index contributed by atoms with van der Waals surface area (Å²) < 4.78 is 0. The van der Waals surface area contributed by atoms with Crippen LogP contribution in [0.1, 0.15) is 31.8 Å². The van der Waals surface area contributed by atoms with E-state index in [2.05, 4.69) is 10.2 Å². The molecule has 0 aliphatic carbocycles. The van der Waals surface area contributed by atoms with E-state index in [0.29, 0.717) is 10.8 Å². The fourth-order valence-electron chi connectivity index (χ4n) is 2.38. The normalized spacial score (nSPS) is 12.8. The van der Waals surface area contributed by atoms with Gasteiger partial charge in [-0.05, 0) is 49.2 Å². The van der Waals surface area contributed by atoms with Crippen molar-refractivity contribution < 1.29 is 24.0 Å². The first kappa shape index (κ1) is 16.4. The summed E-state index contributed by atoms with van der Waals surface area (Å²) >= 11 is 0. The number of nitrogens with one attached hydrogen (secondary N) is 1. The van der Waals surface area contributed by atoms with E-state index >= 15 is 0 Å². The van der Waals surface area contributed by atoms with Crippen molar-refractivity contribution in [3.63, 3.8) is 0 Å². The number of hydroxylamine groups is 2. The van der Waals surface area contributed by atoms with E-state index in [1.54, 1.807) is 30.3 Å². The molecule has 0 aromatic heterocycles. The van der Waals surface area contributed by atoms with Gasteiger partial charge in [0, 0.05) is 5.69 Å². The number of amides is 3. The topological polar surface area (TPSA) is 92.8 Å². The molecule has 1 N–H and O–H groups in total. The Labute approximate surface area is 143 Å². The number of benzene rings is 2. The van der Waals surface area contributed by atoms with E-state index in [1.165, 1.54) is 12.1 Å². The second kappa shape index (κ2) is 6.20. The van der Waals surface area contributed by atoms with Crippen LogP contribution in [0, 0.1) is 13.8 Å². The fourth-order valence-corrected chi connectivity index (χ4v) is 2.38. The molecular formula is C18H14N2O5. The maximum absolute atomic E-state index is 12.1. The highest BCUT2D eigenvalue weighted by molar-refractivity contribution is 6.38. The number of aryl methyl sites for hydroxylation is 2. The Kier molecular flexibility index (Phi) is 4.06. The molecular weight excluding hydrogens is 324 g/mol. The largest absolute Gasteiger partial charge is 0.421 e. The van der Waals surface area contributed by atoms with Crippen LogP contribution in [0.5, 0.6) is 0 Å². The third-order valence-corrected chi connectivity index (χ3v) is 3.88. The molecule has 126 valence electrons. The summed E-state index contributed by atoms with van der Waals surface area (Å²) in [5, 5.41) is 2.67. The first-order valence-electron chi connectivity index (χ1n) is 7.47. The van der Waals surface area contributed by atoms with E-state index in [9.17, 15) is 19.2 Å². The Morgan fingerprint density at radius 3 is 2.08 bits per heavy atom. The number of carbonyl (C=O) groups is 4. The number of hydrogen-bond acceptors (Lipinski definition) is 5. The van der Waals surface area contributed by atoms with Crippen molar-refractivity contribution in [1.82, 2.24) is 5.06 Å². The summed E-state index contributed by atoms with van der Waals surface area (Å²) in [5.41, 5.74) is 2.62. The fraction of sp³-hybridized carbons (Fsp3) is 0.111. The highest BCUT2D eigenvalue weighted by atomic mass is 16.7. The van der Waals surface area contributed by atoms with Gasteiger partial charge in [0.05, 0.1) is 11.1 Å². The highest BCUT2D eigenvalue weighted by Gasteiger charge is 2.39. The minimum atomic E-state index is -1.35. The smallest absolute Gasteiger partial charge is 0.320 e. The Morgan fingerprint density at radius 2 is 1.52 bits per heavy atom. The first-order chi connectivity index (χ1) is 11.9. The van der Waals surface area contributed by atoms with Crippen LogP contribution in [0.4, 0.5) is 5.69 Å².